The predicted octanol–water partition coefficient (Wildman–Crippen LogP) is 5.05. The second kappa shape index (κ2) is 8.95. The molecule has 0 aromatic heterocycles. The van der Waals surface area contributed by atoms with E-state index < -0.39 is 11.7 Å². The third-order valence-corrected chi connectivity index (χ3v) is 5.16. The van der Waals surface area contributed by atoms with Crippen molar-refractivity contribution < 1.29 is 18.4 Å². The Balaban J connectivity index is 1.55. The van der Waals surface area contributed by atoms with E-state index in [2.05, 4.69) is 5.32 Å². The summed E-state index contributed by atoms with van der Waals surface area (Å²) in [6, 6.07) is 18.5. The quantitative estimate of drug-likeness (QED) is 0.627. The zero-order valence-corrected chi connectivity index (χ0v) is 16.7. The zero-order valence-electron chi connectivity index (χ0n) is 16.7. The van der Waals surface area contributed by atoms with E-state index >= 15 is 0 Å². The molecule has 4 rings (SSSR count). The van der Waals surface area contributed by atoms with Crippen LogP contribution in [-0.4, -0.2) is 29.9 Å². The average Bonchev–Trinajstić information content (AvgIpc) is 2.77. The molecular weight excluding hydrogens is 400 g/mol. The van der Waals surface area contributed by atoms with Crippen molar-refractivity contribution >= 4 is 23.3 Å². The van der Waals surface area contributed by atoms with E-state index in [1.54, 1.807) is 52.3 Å². The smallest absolute Gasteiger partial charge is 0.320 e. The fraction of sp³-hybridized carbons (Fsp3) is 0.167. The van der Waals surface area contributed by atoms with Gasteiger partial charge in [0.15, 0.2) is 0 Å². The summed E-state index contributed by atoms with van der Waals surface area (Å²) < 4.78 is 27.2. The van der Waals surface area contributed by atoms with E-state index in [0.717, 1.165) is 12.0 Å². The molecule has 0 saturated carbocycles. The van der Waals surface area contributed by atoms with Gasteiger partial charge >= 0.3 is 6.03 Å². The van der Waals surface area contributed by atoms with E-state index in [-0.39, 0.29) is 17.4 Å². The lowest BCUT2D eigenvalue weighted by molar-refractivity contribution is 0.102. The van der Waals surface area contributed by atoms with Crippen LogP contribution in [0.1, 0.15) is 22.3 Å². The lowest BCUT2D eigenvalue weighted by Crippen LogP contribution is -2.49. The number of halogens is 2. The van der Waals surface area contributed by atoms with Gasteiger partial charge in [-0.3, -0.25) is 9.69 Å². The molecule has 0 unspecified atom stereocenters. The first kappa shape index (κ1) is 20.5. The van der Waals surface area contributed by atoms with Gasteiger partial charge in [-0.15, -0.1) is 0 Å². The Labute approximate surface area is 178 Å². The SMILES string of the molecule is O=C(Nc1ccccc1N1CCCN(Cc2ccc(F)cc2)C1=O)c1ccccc1F. The van der Waals surface area contributed by atoms with Crippen LogP contribution in [0.4, 0.5) is 25.0 Å². The first-order valence-electron chi connectivity index (χ1n) is 9.99. The molecule has 1 aliphatic rings. The molecule has 1 aliphatic heterocycles. The second-order valence-corrected chi connectivity index (χ2v) is 7.29. The van der Waals surface area contributed by atoms with Gasteiger partial charge in [0.05, 0.1) is 16.9 Å². The van der Waals surface area contributed by atoms with Crippen molar-refractivity contribution in [3.8, 4) is 0 Å². The lowest BCUT2D eigenvalue weighted by atomic mass is 10.1. The summed E-state index contributed by atoms with van der Waals surface area (Å²) in [5, 5.41) is 2.72. The summed E-state index contributed by atoms with van der Waals surface area (Å²) in [7, 11) is 0. The van der Waals surface area contributed by atoms with Crippen molar-refractivity contribution in [2.75, 3.05) is 23.3 Å². The molecule has 1 heterocycles. The normalized spacial score (nSPS) is 13.9. The summed E-state index contributed by atoms with van der Waals surface area (Å²) in [5.41, 5.74) is 1.73. The van der Waals surface area contributed by atoms with Crippen LogP contribution in [0.25, 0.3) is 0 Å². The molecule has 0 spiro atoms. The molecule has 0 atom stereocenters. The second-order valence-electron chi connectivity index (χ2n) is 7.29. The monoisotopic (exact) mass is 421 g/mol. The van der Waals surface area contributed by atoms with Crippen molar-refractivity contribution in [3.05, 3.63) is 95.6 Å². The van der Waals surface area contributed by atoms with Gasteiger partial charge in [-0.2, -0.15) is 0 Å². The van der Waals surface area contributed by atoms with Gasteiger partial charge in [0, 0.05) is 19.6 Å². The maximum absolute atomic E-state index is 14.0. The molecule has 3 aromatic rings. The maximum atomic E-state index is 14.0. The highest BCUT2D eigenvalue weighted by molar-refractivity contribution is 6.07. The van der Waals surface area contributed by atoms with E-state index in [4.69, 9.17) is 0 Å². The highest BCUT2D eigenvalue weighted by Gasteiger charge is 2.28. The number of rotatable bonds is 5. The number of carbonyl (C=O) groups is 2. The minimum atomic E-state index is -0.614. The minimum Gasteiger partial charge on any atom is -0.320 e. The highest BCUT2D eigenvalue weighted by atomic mass is 19.1. The number of carbonyl (C=O) groups excluding carboxylic acids is 2. The number of urea groups is 1. The van der Waals surface area contributed by atoms with Gasteiger partial charge in [0.25, 0.3) is 5.91 Å². The third kappa shape index (κ3) is 4.55. The predicted molar refractivity (Wildman–Crippen MR) is 115 cm³/mol. The van der Waals surface area contributed by atoms with Crippen LogP contribution in [0.3, 0.4) is 0 Å². The highest BCUT2D eigenvalue weighted by Crippen LogP contribution is 2.29. The fourth-order valence-corrected chi connectivity index (χ4v) is 3.61. The van der Waals surface area contributed by atoms with E-state index in [1.165, 1.54) is 30.3 Å². The van der Waals surface area contributed by atoms with Crippen molar-refractivity contribution in [1.82, 2.24) is 4.90 Å². The standard InChI is InChI=1S/C24H21F2N3O2/c25-18-12-10-17(11-13-18)16-28-14-5-15-29(24(28)31)22-9-4-3-8-21(22)27-23(30)19-6-1-2-7-20(19)26/h1-4,6-13H,5,14-16H2,(H,27,30). The summed E-state index contributed by atoms with van der Waals surface area (Å²) in [6.45, 7) is 1.43. The molecule has 3 aromatic carbocycles. The van der Waals surface area contributed by atoms with Gasteiger partial charge in [-0.1, -0.05) is 36.4 Å². The Hall–Kier alpha value is -3.74. The number of benzene rings is 3. The number of amides is 3. The average molecular weight is 421 g/mol. The Kier molecular flexibility index (Phi) is 5.93. The number of anilines is 2. The van der Waals surface area contributed by atoms with Crippen LogP contribution in [0.2, 0.25) is 0 Å². The number of hydrogen-bond donors (Lipinski definition) is 1. The number of para-hydroxylation sites is 2. The Morgan fingerprint density at radius 3 is 2.39 bits per heavy atom. The number of hydrogen-bond acceptors (Lipinski definition) is 2. The lowest BCUT2D eigenvalue weighted by Gasteiger charge is -2.36. The summed E-state index contributed by atoms with van der Waals surface area (Å²) in [5.74, 6) is -1.52. The van der Waals surface area contributed by atoms with Crippen molar-refractivity contribution in [2.24, 2.45) is 0 Å². The van der Waals surface area contributed by atoms with Gasteiger partial charge in [0.1, 0.15) is 11.6 Å². The molecule has 5 nitrogen and oxygen atoms in total. The van der Waals surface area contributed by atoms with Gasteiger partial charge < -0.3 is 10.2 Å². The maximum Gasteiger partial charge on any atom is 0.324 e. The van der Waals surface area contributed by atoms with Gasteiger partial charge in [0.2, 0.25) is 0 Å². The Bertz CT molecular complexity index is 1100. The number of nitrogens with one attached hydrogen (secondary N) is 1. The molecule has 1 saturated heterocycles. The van der Waals surface area contributed by atoms with Crippen LogP contribution < -0.4 is 10.2 Å². The van der Waals surface area contributed by atoms with Gasteiger partial charge in [-0.25, -0.2) is 13.6 Å². The minimum absolute atomic E-state index is 0.0692. The van der Waals surface area contributed by atoms with Crippen LogP contribution in [0.5, 0.6) is 0 Å². The molecule has 1 fully saturated rings. The molecule has 158 valence electrons. The van der Waals surface area contributed by atoms with Crippen molar-refractivity contribution in [2.45, 2.75) is 13.0 Å². The van der Waals surface area contributed by atoms with Crippen LogP contribution in [-0.2, 0) is 6.54 Å². The topological polar surface area (TPSA) is 52.7 Å². The van der Waals surface area contributed by atoms with Crippen molar-refractivity contribution in [1.29, 1.82) is 0 Å². The molecule has 31 heavy (non-hydrogen) atoms. The molecule has 0 bridgehead atoms. The molecular formula is C24H21F2N3O2. The Morgan fingerprint density at radius 1 is 0.903 bits per heavy atom. The van der Waals surface area contributed by atoms with Crippen LogP contribution in [0, 0.1) is 11.6 Å². The van der Waals surface area contributed by atoms with E-state index in [9.17, 15) is 18.4 Å². The van der Waals surface area contributed by atoms with Crippen molar-refractivity contribution in [3.63, 3.8) is 0 Å². The Morgan fingerprint density at radius 2 is 1.61 bits per heavy atom. The molecule has 1 N–H and O–H groups in total. The largest absolute Gasteiger partial charge is 0.324 e. The third-order valence-electron chi connectivity index (χ3n) is 5.16. The summed E-state index contributed by atoms with van der Waals surface area (Å²) in [4.78, 5) is 29.0. The summed E-state index contributed by atoms with van der Waals surface area (Å²) in [6.07, 6.45) is 0.739. The molecule has 0 radical (unpaired) electrons. The summed E-state index contributed by atoms with van der Waals surface area (Å²) >= 11 is 0. The first-order valence-corrected chi connectivity index (χ1v) is 9.99. The molecule has 7 heteroatoms. The van der Waals surface area contributed by atoms with Gasteiger partial charge in [-0.05, 0) is 48.4 Å². The fourth-order valence-electron chi connectivity index (χ4n) is 3.61. The zero-order chi connectivity index (χ0) is 21.8. The molecule has 3 amide bonds. The van der Waals surface area contributed by atoms with E-state index in [0.29, 0.717) is 31.0 Å². The van der Waals surface area contributed by atoms with E-state index in [1.807, 2.05) is 0 Å². The molecule has 0 aliphatic carbocycles. The number of nitrogens with zero attached hydrogens (tertiary/aromatic N) is 2. The van der Waals surface area contributed by atoms with Crippen LogP contribution in [0.15, 0.2) is 72.8 Å². The van der Waals surface area contributed by atoms with Crippen LogP contribution >= 0.6 is 0 Å². The first-order chi connectivity index (χ1) is 15.0.